The van der Waals surface area contributed by atoms with Crippen molar-refractivity contribution < 1.29 is 13.2 Å². The van der Waals surface area contributed by atoms with Gasteiger partial charge in [-0.15, -0.1) is 0 Å². The van der Waals surface area contributed by atoms with Gasteiger partial charge in [-0.05, 0) is 17.5 Å². The van der Waals surface area contributed by atoms with Crippen LogP contribution in [0.5, 0.6) is 0 Å². The van der Waals surface area contributed by atoms with Crippen molar-refractivity contribution in [3.8, 4) is 0 Å². The number of nitrogens with zero attached hydrogens (tertiary/aromatic N) is 1. The maximum Gasteiger partial charge on any atom is 0.224 e. The van der Waals surface area contributed by atoms with Crippen LogP contribution >= 0.6 is 0 Å². The highest BCUT2D eigenvalue weighted by Crippen LogP contribution is 2.30. The van der Waals surface area contributed by atoms with E-state index in [1.165, 1.54) is 12.3 Å². The van der Waals surface area contributed by atoms with Crippen LogP contribution in [0.2, 0.25) is 0 Å². The van der Waals surface area contributed by atoms with Gasteiger partial charge in [0.05, 0.1) is 17.5 Å². The standard InChI is InChI=1S/C16H15NO3S/c1-12(18)17(14-9-10-21(19,20)11-14)16-8-4-6-13-5-2-3-7-15(13)16/h2-10,14H,11H2,1H3/t14-/m0/s1. The molecule has 0 saturated heterocycles. The number of hydrogen-bond donors (Lipinski definition) is 0. The second-order valence-electron chi connectivity index (χ2n) is 5.11. The zero-order chi connectivity index (χ0) is 15.0. The summed E-state index contributed by atoms with van der Waals surface area (Å²) in [4.78, 5) is 13.6. The van der Waals surface area contributed by atoms with Crippen LogP contribution in [0.1, 0.15) is 6.92 Å². The van der Waals surface area contributed by atoms with E-state index in [0.717, 1.165) is 16.5 Å². The third-order valence-electron chi connectivity index (χ3n) is 3.61. The molecule has 1 heterocycles. The fraction of sp³-hybridized carbons (Fsp3) is 0.188. The van der Waals surface area contributed by atoms with Crippen LogP contribution in [0.3, 0.4) is 0 Å². The number of amides is 1. The highest BCUT2D eigenvalue weighted by molar-refractivity contribution is 7.94. The lowest BCUT2D eigenvalue weighted by Gasteiger charge is -2.27. The summed E-state index contributed by atoms with van der Waals surface area (Å²) in [5.41, 5.74) is 0.743. The van der Waals surface area contributed by atoms with Crippen LogP contribution in [0.15, 0.2) is 53.9 Å². The molecule has 1 aliphatic rings. The summed E-state index contributed by atoms with van der Waals surface area (Å²) in [6.45, 7) is 1.46. The predicted molar refractivity (Wildman–Crippen MR) is 83.8 cm³/mol. The van der Waals surface area contributed by atoms with Gasteiger partial charge in [-0.3, -0.25) is 4.79 Å². The topological polar surface area (TPSA) is 54.5 Å². The molecule has 4 nitrogen and oxygen atoms in total. The normalized spacial score (nSPS) is 19.8. The van der Waals surface area contributed by atoms with Gasteiger partial charge in [0.15, 0.2) is 9.84 Å². The number of anilines is 1. The maximum absolute atomic E-state index is 12.1. The Balaban J connectivity index is 2.13. The molecule has 0 radical (unpaired) electrons. The molecule has 0 N–H and O–H groups in total. The summed E-state index contributed by atoms with van der Waals surface area (Å²) in [5, 5.41) is 3.15. The van der Waals surface area contributed by atoms with E-state index in [2.05, 4.69) is 0 Å². The molecule has 2 aromatic rings. The first-order chi connectivity index (χ1) is 9.98. The number of carbonyl (C=O) groups excluding carboxylic acids is 1. The van der Waals surface area contributed by atoms with Gasteiger partial charge in [-0.25, -0.2) is 8.42 Å². The average molecular weight is 301 g/mol. The van der Waals surface area contributed by atoms with Crippen LogP contribution < -0.4 is 4.90 Å². The molecule has 1 aliphatic heterocycles. The Bertz CT molecular complexity index is 834. The van der Waals surface area contributed by atoms with Gasteiger partial charge in [-0.1, -0.05) is 36.4 Å². The van der Waals surface area contributed by atoms with Crippen LogP contribution in [-0.4, -0.2) is 26.1 Å². The molecule has 21 heavy (non-hydrogen) atoms. The van der Waals surface area contributed by atoms with E-state index in [-0.39, 0.29) is 11.7 Å². The zero-order valence-corrected chi connectivity index (χ0v) is 12.4. The number of hydrogen-bond acceptors (Lipinski definition) is 3. The third kappa shape index (κ3) is 2.56. The largest absolute Gasteiger partial charge is 0.304 e. The minimum absolute atomic E-state index is 0.0597. The minimum atomic E-state index is -3.21. The summed E-state index contributed by atoms with van der Waals surface area (Å²) >= 11 is 0. The molecule has 0 unspecified atom stereocenters. The van der Waals surface area contributed by atoms with Crippen LogP contribution in [0.4, 0.5) is 5.69 Å². The Morgan fingerprint density at radius 3 is 2.52 bits per heavy atom. The lowest BCUT2D eigenvalue weighted by molar-refractivity contribution is -0.116. The van der Waals surface area contributed by atoms with Crippen LogP contribution in [0.25, 0.3) is 10.8 Å². The fourth-order valence-electron chi connectivity index (χ4n) is 2.72. The third-order valence-corrected chi connectivity index (χ3v) is 4.99. The molecule has 0 aromatic heterocycles. The Hall–Kier alpha value is -2.14. The highest BCUT2D eigenvalue weighted by Gasteiger charge is 2.30. The number of sulfone groups is 1. The molecule has 1 atom stereocenters. The fourth-order valence-corrected chi connectivity index (χ4v) is 3.99. The van der Waals surface area contributed by atoms with Gasteiger partial charge < -0.3 is 4.90 Å². The van der Waals surface area contributed by atoms with E-state index in [9.17, 15) is 13.2 Å². The quantitative estimate of drug-likeness (QED) is 0.856. The molecule has 2 aromatic carbocycles. The van der Waals surface area contributed by atoms with E-state index in [0.29, 0.717) is 0 Å². The van der Waals surface area contributed by atoms with E-state index >= 15 is 0 Å². The van der Waals surface area contributed by atoms with Gasteiger partial charge in [-0.2, -0.15) is 0 Å². The average Bonchev–Trinajstić information content (AvgIpc) is 2.79. The Morgan fingerprint density at radius 1 is 1.14 bits per heavy atom. The molecule has 0 saturated carbocycles. The van der Waals surface area contributed by atoms with Gasteiger partial charge in [0.2, 0.25) is 5.91 Å². The lowest BCUT2D eigenvalue weighted by atomic mass is 10.1. The van der Waals surface area contributed by atoms with Gasteiger partial charge in [0.25, 0.3) is 0 Å². The predicted octanol–water partition coefficient (Wildman–Crippen LogP) is 2.50. The summed E-state index contributed by atoms with van der Waals surface area (Å²) in [6.07, 6.45) is 1.58. The zero-order valence-electron chi connectivity index (χ0n) is 11.6. The molecule has 1 amide bonds. The van der Waals surface area contributed by atoms with Crippen molar-refractivity contribution in [3.63, 3.8) is 0 Å². The first-order valence-corrected chi connectivity index (χ1v) is 8.38. The molecule has 3 rings (SSSR count). The van der Waals surface area contributed by atoms with Crippen molar-refractivity contribution in [1.29, 1.82) is 0 Å². The van der Waals surface area contributed by atoms with Crippen LogP contribution in [-0.2, 0) is 14.6 Å². The molecule has 0 bridgehead atoms. The Morgan fingerprint density at radius 2 is 1.86 bits per heavy atom. The van der Waals surface area contributed by atoms with Crippen molar-refractivity contribution in [2.45, 2.75) is 13.0 Å². The Kier molecular flexibility index (Phi) is 3.29. The molecule has 5 heteroatoms. The van der Waals surface area contributed by atoms with Gasteiger partial charge >= 0.3 is 0 Å². The number of carbonyl (C=O) groups is 1. The molecule has 108 valence electrons. The van der Waals surface area contributed by atoms with Crippen molar-refractivity contribution in [2.24, 2.45) is 0 Å². The van der Waals surface area contributed by atoms with Gasteiger partial charge in [0, 0.05) is 17.7 Å². The highest BCUT2D eigenvalue weighted by atomic mass is 32.2. The lowest BCUT2D eigenvalue weighted by Crippen LogP contribution is -2.39. The van der Waals surface area contributed by atoms with E-state index in [1.807, 2.05) is 42.5 Å². The molecular weight excluding hydrogens is 286 g/mol. The van der Waals surface area contributed by atoms with Crippen molar-refractivity contribution in [2.75, 3.05) is 10.7 Å². The smallest absolute Gasteiger partial charge is 0.224 e. The van der Waals surface area contributed by atoms with E-state index < -0.39 is 15.9 Å². The van der Waals surface area contributed by atoms with Crippen molar-refractivity contribution >= 4 is 32.2 Å². The molecular formula is C16H15NO3S. The number of rotatable bonds is 2. The summed E-state index contributed by atoms with van der Waals surface area (Å²) in [7, 11) is -3.21. The second-order valence-corrected chi connectivity index (χ2v) is 7.04. The minimum Gasteiger partial charge on any atom is -0.304 e. The summed E-state index contributed by atoms with van der Waals surface area (Å²) in [5.74, 6) is -0.228. The molecule has 0 aliphatic carbocycles. The monoisotopic (exact) mass is 301 g/mol. The van der Waals surface area contributed by atoms with Gasteiger partial charge in [0.1, 0.15) is 0 Å². The second kappa shape index (κ2) is 5.00. The molecule has 0 spiro atoms. The maximum atomic E-state index is 12.1. The Labute approximate surface area is 123 Å². The van der Waals surface area contributed by atoms with Crippen LogP contribution in [0, 0.1) is 0 Å². The van der Waals surface area contributed by atoms with E-state index in [1.54, 1.807) is 11.0 Å². The summed E-state index contributed by atoms with van der Waals surface area (Å²) in [6, 6.07) is 13.0. The number of fused-ring (bicyclic) bond motifs is 1. The van der Waals surface area contributed by atoms with E-state index in [4.69, 9.17) is 0 Å². The van der Waals surface area contributed by atoms with Crippen molar-refractivity contribution in [3.05, 3.63) is 53.9 Å². The number of benzene rings is 2. The first-order valence-electron chi connectivity index (χ1n) is 6.66. The van der Waals surface area contributed by atoms with Crippen molar-refractivity contribution in [1.82, 2.24) is 0 Å². The SMILES string of the molecule is CC(=O)N(c1cccc2ccccc12)[C@H]1C=CS(=O)(=O)C1. The first kappa shape index (κ1) is 13.8. The molecule has 0 fully saturated rings. The summed E-state index contributed by atoms with van der Waals surface area (Å²) < 4.78 is 23.3.